The highest BCUT2D eigenvalue weighted by atomic mass is 32.1. The smallest absolute Gasteiger partial charge is 0.386 e. The number of rotatable bonds is 21. The second-order valence-electron chi connectivity index (χ2n) is 26.6. The zero-order chi connectivity index (χ0) is 65.1. The molecule has 0 radical (unpaired) electrons. The van der Waals surface area contributed by atoms with Crippen LogP contribution in [0.25, 0.3) is 10.2 Å². The molecule has 1 unspecified atom stereocenters. The van der Waals surface area contributed by atoms with Gasteiger partial charge in [-0.15, -0.1) is 11.3 Å². The SMILES string of the molecule is CC(C)(O)c1cc2nc(C3CCC(CN4CCC(CCN(CCCCN5CCC(c6ccc(Nc7nc(N8CCCCC8)cnc7C(N)=O)cc6)CC5)c5cccc6c5C(=O)N(C5CCC(=O)NC5=O)C6=O)CC4)CC3)sc2cc1NC(=O)c1cccc(C(F)(F)F)n1. The summed E-state index contributed by atoms with van der Waals surface area (Å²) < 4.78 is 41.1. The number of pyridine rings is 1. The Morgan fingerprint density at radius 1 is 0.774 bits per heavy atom. The van der Waals surface area contributed by atoms with Gasteiger partial charge in [-0.1, -0.05) is 24.3 Å². The van der Waals surface area contributed by atoms with Crippen molar-refractivity contribution in [1.29, 1.82) is 0 Å². The number of aromatic nitrogens is 4. The van der Waals surface area contributed by atoms with Crippen LogP contribution in [0.15, 0.2) is 79.0 Å². The molecular formula is C69H82F3N13O7S. The number of likely N-dealkylation sites (tertiary alicyclic amines) is 2. The van der Waals surface area contributed by atoms with E-state index >= 15 is 0 Å². The van der Waals surface area contributed by atoms with Crippen molar-refractivity contribution < 1.29 is 47.0 Å². The van der Waals surface area contributed by atoms with Crippen molar-refractivity contribution in [1.82, 2.24) is 40.0 Å². The lowest BCUT2D eigenvalue weighted by atomic mass is 9.81. The van der Waals surface area contributed by atoms with Crippen molar-refractivity contribution in [3.63, 3.8) is 0 Å². The average Bonchev–Trinajstić information content (AvgIpc) is 1.63. The Kier molecular flexibility index (Phi) is 19.6. The molecule has 6 N–H and O–H groups in total. The fraction of sp³-hybridized carbons (Fsp3) is 0.507. The number of anilines is 5. The number of imide groups is 2. The van der Waals surface area contributed by atoms with E-state index in [1.165, 1.54) is 29.4 Å². The number of hydrogen-bond acceptors (Lipinski definition) is 17. The Morgan fingerprint density at radius 2 is 1.51 bits per heavy atom. The number of halogens is 3. The van der Waals surface area contributed by atoms with Gasteiger partial charge in [0.15, 0.2) is 11.5 Å². The highest BCUT2D eigenvalue weighted by molar-refractivity contribution is 7.18. The molecule has 1 saturated carbocycles. The first kappa shape index (κ1) is 65.1. The van der Waals surface area contributed by atoms with Crippen molar-refractivity contribution in [2.45, 2.75) is 146 Å². The van der Waals surface area contributed by atoms with Crippen molar-refractivity contribution in [2.75, 3.05) is 85.9 Å². The van der Waals surface area contributed by atoms with Gasteiger partial charge >= 0.3 is 6.18 Å². The van der Waals surface area contributed by atoms with Gasteiger partial charge in [-0.2, -0.15) is 13.2 Å². The average molecular weight is 1290 g/mol. The number of amides is 6. The third kappa shape index (κ3) is 15.0. The summed E-state index contributed by atoms with van der Waals surface area (Å²) in [5, 5.41) is 20.5. The van der Waals surface area contributed by atoms with Gasteiger partial charge in [-0.3, -0.25) is 39.0 Å². The number of carbonyl (C=O) groups excluding carboxylic acids is 6. The molecule has 6 amide bonds. The molecule has 24 heteroatoms. The summed E-state index contributed by atoms with van der Waals surface area (Å²) in [6.07, 6.45) is 11.4. The highest BCUT2D eigenvalue weighted by Gasteiger charge is 2.46. The first-order valence-electron chi connectivity index (χ1n) is 33.1. The van der Waals surface area contributed by atoms with E-state index in [2.05, 4.69) is 57.7 Å². The van der Waals surface area contributed by atoms with Gasteiger partial charge < -0.3 is 41.1 Å². The van der Waals surface area contributed by atoms with E-state index in [0.29, 0.717) is 59.0 Å². The van der Waals surface area contributed by atoms with E-state index in [-0.39, 0.29) is 35.7 Å². The minimum absolute atomic E-state index is 0.0462. The number of nitrogens with zero attached hydrogens (tertiary/aromatic N) is 9. The molecule has 6 aliphatic rings. The number of hydrogen-bond donors (Lipinski definition) is 5. The number of thiazole rings is 1. The van der Waals surface area contributed by atoms with Crippen molar-refractivity contribution in [2.24, 2.45) is 17.6 Å². The van der Waals surface area contributed by atoms with Crippen LogP contribution >= 0.6 is 11.3 Å². The van der Waals surface area contributed by atoms with Crippen LogP contribution in [0.3, 0.4) is 0 Å². The second kappa shape index (κ2) is 28.0. The maximum atomic E-state index is 14.4. The molecule has 8 heterocycles. The van der Waals surface area contributed by atoms with Crippen LogP contribution in [-0.2, 0) is 21.4 Å². The fourth-order valence-corrected chi connectivity index (χ4v) is 15.7. The first-order valence-corrected chi connectivity index (χ1v) is 33.9. The van der Waals surface area contributed by atoms with Crippen molar-refractivity contribution >= 4 is 85.7 Å². The Labute approximate surface area is 543 Å². The molecule has 5 aliphatic heterocycles. The molecule has 0 bridgehead atoms. The molecule has 1 atom stereocenters. The van der Waals surface area contributed by atoms with Gasteiger partial charge in [-0.25, -0.2) is 19.9 Å². The topological polar surface area (TPSA) is 253 Å². The van der Waals surface area contributed by atoms with Gasteiger partial charge in [0.05, 0.1) is 43.8 Å². The number of unbranched alkanes of at least 4 members (excludes halogenated alkanes) is 1. The van der Waals surface area contributed by atoms with Crippen LogP contribution in [0.5, 0.6) is 0 Å². The van der Waals surface area contributed by atoms with Crippen LogP contribution in [0, 0.1) is 11.8 Å². The number of piperidine rings is 4. The van der Waals surface area contributed by atoms with Gasteiger partial charge in [0.2, 0.25) is 11.8 Å². The number of benzene rings is 3. The maximum absolute atomic E-state index is 14.4. The molecule has 20 nitrogen and oxygen atoms in total. The molecule has 3 aromatic carbocycles. The lowest BCUT2D eigenvalue weighted by Gasteiger charge is -2.37. The zero-order valence-corrected chi connectivity index (χ0v) is 53.6. The largest absolute Gasteiger partial charge is 0.433 e. The summed E-state index contributed by atoms with van der Waals surface area (Å²) in [6, 6.07) is 19.4. The molecule has 1 aliphatic carbocycles. The standard InChI is InChI=1S/C69H82F3N13O7S/c1-68(2,92)49-38-52-55(39-51(49)77-63(88)50-11-9-13-56(76-50)69(70,71)72)93-65(78-52)46-16-14-43(15-17-46)41-82-33-24-42(25-34-82)26-37-83(53-12-8-10-48-59(53)67(91)85(66(48)90)54-22-23-58(86)80-64(54)89)30-7-6-29-81-35-27-45(28-36-81)44-18-20-47(21-19-44)75-62-60(61(73)87)74-40-57(79-62)84-31-4-3-5-32-84/h8-13,18-21,38-40,42-43,45-46,54,92H,3-7,14-17,22-37,41H2,1-2H3,(H2,73,87)(H,75,79)(H,77,88)(H,80,86,89). The summed E-state index contributed by atoms with van der Waals surface area (Å²) in [7, 11) is 0. The third-order valence-electron chi connectivity index (χ3n) is 19.8. The molecule has 4 saturated heterocycles. The summed E-state index contributed by atoms with van der Waals surface area (Å²) >= 11 is 1.54. The predicted molar refractivity (Wildman–Crippen MR) is 350 cm³/mol. The van der Waals surface area contributed by atoms with E-state index in [0.717, 1.165) is 174 Å². The fourth-order valence-electron chi connectivity index (χ4n) is 14.6. The van der Waals surface area contributed by atoms with Crippen LogP contribution in [-0.4, -0.2) is 147 Å². The lowest BCUT2D eigenvalue weighted by molar-refractivity contribution is -0.141. The van der Waals surface area contributed by atoms with E-state index in [4.69, 9.17) is 15.7 Å². The Morgan fingerprint density at radius 3 is 2.22 bits per heavy atom. The maximum Gasteiger partial charge on any atom is 0.433 e. The molecular weight excluding hydrogens is 1210 g/mol. The molecule has 492 valence electrons. The van der Waals surface area contributed by atoms with E-state index in [1.54, 1.807) is 38.2 Å². The van der Waals surface area contributed by atoms with Crippen LogP contribution in [0.1, 0.15) is 192 Å². The number of nitrogens with two attached hydrogens (primary N) is 1. The van der Waals surface area contributed by atoms with E-state index in [9.17, 15) is 47.0 Å². The molecule has 5 fully saturated rings. The summed E-state index contributed by atoms with van der Waals surface area (Å²) in [5.41, 5.74) is 7.60. The van der Waals surface area contributed by atoms with Crippen LogP contribution in [0.2, 0.25) is 0 Å². The Bertz CT molecular complexity index is 3750. The summed E-state index contributed by atoms with van der Waals surface area (Å²) in [5.74, 6) is -0.753. The first-order chi connectivity index (χ1) is 44.7. The van der Waals surface area contributed by atoms with Crippen LogP contribution in [0.4, 0.5) is 41.9 Å². The minimum Gasteiger partial charge on any atom is -0.386 e. The van der Waals surface area contributed by atoms with Gasteiger partial charge in [0, 0.05) is 62.0 Å². The molecule has 6 aromatic rings. The van der Waals surface area contributed by atoms with Crippen molar-refractivity contribution in [3.05, 3.63) is 123 Å². The number of nitrogens with one attached hydrogen (secondary N) is 3. The minimum atomic E-state index is -4.71. The number of aliphatic hydroxyl groups is 1. The molecule has 12 rings (SSSR count). The van der Waals surface area contributed by atoms with E-state index in [1.807, 2.05) is 24.3 Å². The third-order valence-corrected chi connectivity index (χ3v) is 21.0. The Hall–Kier alpha value is -7.93. The highest BCUT2D eigenvalue weighted by Crippen LogP contribution is 2.43. The summed E-state index contributed by atoms with van der Waals surface area (Å²) in [6.45, 7) is 12.2. The van der Waals surface area contributed by atoms with Crippen molar-refractivity contribution in [3.8, 4) is 0 Å². The second-order valence-corrected chi connectivity index (χ2v) is 27.7. The predicted octanol–water partition coefficient (Wildman–Crippen LogP) is 10.8. The number of primary amides is 1. The number of fused-ring (bicyclic) bond motifs is 2. The normalized spacial score (nSPS) is 20.7. The molecule has 0 spiro atoms. The zero-order valence-electron chi connectivity index (χ0n) is 52.8. The number of carbonyl (C=O) groups is 6. The Balaban J connectivity index is 0.635. The molecule has 93 heavy (non-hydrogen) atoms. The van der Waals surface area contributed by atoms with Gasteiger partial charge in [0.25, 0.3) is 23.6 Å². The number of alkyl halides is 3. The lowest BCUT2D eigenvalue weighted by Crippen LogP contribution is -2.54. The quantitative estimate of drug-likeness (QED) is 0.0332. The molecule has 3 aromatic heterocycles. The van der Waals surface area contributed by atoms with Gasteiger partial charge in [0.1, 0.15) is 23.2 Å². The van der Waals surface area contributed by atoms with Gasteiger partial charge in [-0.05, 0) is 215 Å². The van der Waals surface area contributed by atoms with Crippen LogP contribution < -0.4 is 31.5 Å². The monoisotopic (exact) mass is 1290 g/mol. The summed E-state index contributed by atoms with van der Waals surface area (Å²) in [4.78, 5) is 108. The van der Waals surface area contributed by atoms with E-state index < -0.39 is 64.7 Å².